The Bertz CT molecular complexity index is 474. The number of anilines is 1. The van der Waals surface area contributed by atoms with Crippen LogP contribution in [0.25, 0.3) is 0 Å². The van der Waals surface area contributed by atoms with Crippen LogP contribution in [0.5, 0.6) is 0 Å². The van der Waals surface area contributed by atoms with E-state index in [-0.39, 0.29) is 24.6 Å². The molecule has 0 saturated heterocycles. The van der Waals surface area contributed by atoms with Crippen LogP contribution in [-0.4, -0.2) is 23.8 Å². The molecule has 1 fully saturated rings. The normalized spacial score (nSPS) is 22.4. The topological polar surface area (TPSA) is 61.4 Å². The molecular weight excluding hydrogens is 252 g/mol. The predicted molar refractivity (Wildman–Crippen MR) is 80.9 cm³/mol. The number of amides is 2. The van der Waals surface area contributed by atoms with Gasteiger partial charge in [0, 0.05) is 24.3 Å². The van der Waals surface area contributed by atoms with Crippen LogP contribution in [0.2, 0.25) is 0 Å². The molecule has 110 valence electrons. The van der Waals surface area contributed by atoms with Gasteiger partial charge in [-0.1, -0.05) is 30.5 Å². The number of carbonyl (C=O) groups excluding carboxylic acids is 1. The van der Waals surface area contributed by atoms with Gasteiger partial charge < -0.3 is 15.7 Å². The van der Waals surface area contributed by atoms with Crippen molar-refractivity contribution in [1.29, 1.82) is 0 Å². The second-order valence-corrected chi connectivity index (χ2v) is 5.75. The van der Waals surface area contributed by atoms with Crippen LogP contribution < -0.4 is 10.6 Å². The summed E-state index contributed by atoms with van der Waals surface area (Å²) in [7, 11) is 0. The van der Waals surface area contributed by atoms with Gasteiger partial charge in [-0.05, 0) is 38.3 Å². The Morgan fingerprint density at radius 3 is 2.75 bits per heavy atom. The standard InChI is InChI=1S/C16H24N2O2/c1-11-7-8-14(12(2)9-11)17-16(20)18-15-6-4-3-5-13(15)10-19/h7-9,13,15,19H,3-6,10H2,1-2H3,(H2,17,18,20)/t13-,15-/m0/s1. The number of nitrogens with one attached hydrogen (secondary N) is 2. The fourth-order valence-electron chi connectivity index (χ4n) is 2.90. The highest BCUT2D eigenvalue weighted by atomic mass is 16.3. The van der Waals surface area contributed by atoms with Gasteiger partial charge in [-0.2, -0.15) is 0 Å². The summed E-state index contributed by atoms with van der Waals surface area (Å²) in [5.74, 6) is 0.189. The van der Waals surface area contributed by atoms with Crippen molar-refractivity contribution >= 4 is 11.7 Å². The molecule has 4 heteroatoms. The Kier molecular flexibility index (Phi) is 5.01. The molecule has 3 N–H and O–H groups in total. The summed E-state index contributed by atoms with van der Waals surface area (Å²) >= 11 is 0. The lowest BCUT2D eigenvalue weighted by atomic mass is 9.85. The molecule has 1 saturated carbocycles. The molecule has 0 unspecified atom stereocenters. The molecule has 0 aliphatic heterocycles. The van der Waals surface area contributed by atoms with Gasteiger partial charge >= 0.3 is 6.03 Å². The highest BCUT2D eigenvalue weighted by Crippen LogP contribution is 2.24. The van der Waals surface area contributed by atoms with E-state index in [0.717, 1.165) is 36.9 Å². The molecule has 0 bridgehead atoms. The fourth-order valence-corrected chi connectivity index (χ4v) is 2.90. The number of carbonyl (C=O) groups is 1. The van der Waals surface area contributed by atoms with Crippen molar-refractivity contribution in [1.82, 2.24) is 5.32 Å². The minimum Gasteiger partial charge on any atom is -0.396 e. The Morgan fingerprint density at radius 2 is 2.05 bits per heavy atom. The molecule has 2 atom stereocenters. The Balaban J connectivity index is 1.94. The average Bonchev–Trinajstić information content (AvgIpc) is 2.42. The van der Waals surface area contributed by atoms with Gasteiger partial charge in [0.15, 0.2) is 0 Å². The number of hydrogen-bond acceptors (Lipinski definition) is 2. The lowest BCUT2D eigenvalue weighted by Crippen LogP contribution is -2.45. The van der Waals surface area contributed by atoms with Gasteiger partial charge in [0.05, 0.1) is 0 Å². The molecule has 1 aromatic carbocycles. The predicted octanol–water partition coefficient (Wildman–Crippen LogP) is 2.98. The number of aliphatic hydroxyl groups excluding tert-OH is 1. The van der Waals surface area contributed by atoms with Crippen LogP contribution in [0.4, 0.5) is 10.5 Å². The van der Waals surface area contributed by atoms with Crippen LogP contribution in [-0.2, 0) is 0 Å². The van der Waals surface area contributed by atoms with E-state index in [1.807, 2.05) is 32.0 Å². The molecule has 1 aliphatic carbocycles. The zero-order valence-corrected chi connectivity index (χ0v) is 12.3. The maximum Gasteiger partial charge on any atom is 0.319 e. The molecule has 20 heavy (non-hydrogen) atoms. The first kappa shape index (κ1) is 14.9. The van der Waals surface area contributed by atoms with E-state index < -0.39 is 0 Å². The maximum atomic E-state index is 12.1. The van der Waals surface area contributed by atoms with E-state index in [1.54, 1.807) is 0 Å². The van der Waals surface area contributed by atoms with E-state index in [1.165, 1.54) is 5.56 Å². The zero-order chi connectivity index (χ0) is 14.5. The highest BCUT2D eigenvalue weighted by Gasteiger charge is 2.25. The molecule has 0 heterocycles. The van der Waals surface area contributed by atoms with Crippen LogP contribution in [0.15, 0.2) is 18.2 Å². The van der Waals surface area contributed by atoms with Crippen molar-refractivity contribution in [3.8, 4) is 0 Å². The van der Waals surface area contributed by atoms with Gasteiger partial charge in [0.1, 0.15) is 0 Å². The van der Waals surface area contributed by atoms with Gasteiger partial charge in [0.2, 0.25) is 0 Å². The van der Waals surface area contributed by atoms with E-state index in [0.29, 0.717) is 0 Å². The molecular formula is C16H24N2O2. The van der Waals surface area contributed by atoms with E-state index >= 15 is 0 Å². The van der Waals surface area contributed by atoms with Crippen LogP contribution in [0.1, 0.15) is 36.8 Å². The van der Waals surface area contributed by atoms with Gasteiger partial charge in [0.25, 0.3) is 0 Å². The lowest BCUT2D eigenvalue weighted by molar-refractivity contribution is 0.156. The molecule has 0 radical (unpaired) electrons. The molecule has 1 aromatic rings. The molecule has 4 nitrogen and oxygen atoms in total. The minimum absolute atomic E-state index is 0.0829. The molecule has 2 rings (SSSR count). The van der Waals surface area contributed by atoms with Crippen molar-refractivity contribution < 1.29 is 9.90 Å². The maximum absolute atomic E-state index is 12.1. The van der Waals surface area contributed by atoms with Crippen molar-refractivity contribution in [2.75, 3.05) is 11.9 Å². The third-order valence-electron chi connectivity index (χ3n) is 4.09. The Morgan fingerprint density at radius 1 is 1.30 bits per heavy atom. The summed E-state index contributed by atoms with van der Waals surface area (Å²) in [6, 6.07) is 5.86. The lowest BCUT2D eigenvalue weighted by Gasteiger charge is -2.30. The quantitative estimate of drug-likeness (QED) is 0.795. The first-order valence-corrected chi connectivity index (χ1v) is 7.36. The van der Waals surface area contributed by atoms with Crippen molar-refractivity contribution in [3.05, 3.63) is 29.3 Å². The van der Waals surface area contributed by atoms with Crippen molar-refractivity contribution in [3.63, 3.8) is 0 Å². The summed E-state index contributed by atoms with van der Waals surface area (Å²) in [5.41, 5.74) is 3.08. The van der Waals surface area contributed by atoms with Crippen LogP contribution in [0, 0.1) is 19.8 Å². The number of benzene rings is 1. The second-order valence-electron chi connectivity index (χ2n) is 5.75. The van der Waals surface area contributed by atoms with E-state index in [9.17, 15) is 9.90 Å². The summed E-state index contributed by atoms with van der Waals surface area (Å²) in [4.78, 5) is 12.1. The van der Waals surface area contributed by atoms with Crippen LogP contribution >= 0.6 is 0 Å². The number of rotatable bonds is 3. The van der Waals surface area contributed by atoms with E-state index in [4.69, 9.17) is 0 Å². The molecule has 0 spiro atoms. The van der Waals surface area contributed by atoms with Crippen molar-refractivity contribution in [2.45, 2.75) is 45.6 Å². The molecule has 1 aliphatic rings. The fraction of sp³-hybridized carbons (Fsp3) is 0.562. The Hall–Kier alpha value is -1.55. The summed E-state index contributed by atoms with van der Waals surface area (Å²) < 4.78 is 0. The smallest absolute Gasteiger partial charge is 0.319 e. The highest BCUT2D eigenvalue weighted by molar-refractivity contribution is 5.90. The first-order valence-electron chi connectivity index (χ1n) is 7.36. The van der Waals surface area contributed by atoms with E-state index in [2.05, 4.69) is 10.6 Å². The van der Waals surface area contributed by atoms with Gasteiger partial charge in [-0.15, -0.1) is 0 Å². The first-order chi connectivity index (χ1) is 9.60. The molecule has 0 aromatic heterocycles. The molecule has 2 amide bonds. The minimum atomic E-state index is -0.178. The monoisotopic (exact) mass is 276 g/mol. The number of urea groups is 1. The largest absolute Gasteiger partial charge is 0.396 e. The summed E-state index contributed by atoms with van der Waals surface area (Å²) in [6.07, 6.45) is 4.20. The third kappa shape index (κ3) is 3.73. The van der Waals surface area contributed by atoms with Crippen LogP contribution in [0.3, 0.4) is 0 Å². The Labute approximate surface area is 120 Å². The average molecular weight is 276 g/mol. The second kappa shape index (κ2) is 6.75. The number of aliphatic hydroxyl groups is 1. The zero-order valence-electron chi connectivity index (χ0n) is 12.3. The number of hydrogen-bond donors (Lipinski definition) is 3. The summed E-state index contributed by atoms with van der Waals surface area (Å²) in [6.45, 7) is 4.17. The SMILES string of the molecule is Cc1ccc(NC(=O)N[C@H]2CCCC[C@H]2CO)c(C)c1. The third-order valence-corrected chi connectivity index (χ3v) is 4.09. The number of aryl methyl sites for hydroxylation is 2. The summed E-state index contributed by atoms with van der Waals surface area (Å²) in [5, 5.41) is 15.3. The van der Waals surface area contributed by atoms with Gasteiger partial charge in [-0.25, -0.2) is 4.79 Å². The van der Waals surface area contributed by atoms with Gasteiger partial charge in [-0.3, -0.25) is 0 Å². The van der Waals surface area contributed by atoms with Crippen molar-refractivity contribution in [2.24, 2.45) is 5.92 Å².